The number of halogens is 1. The van der Waals surface area contributed by atoms with Gasteiger partial charge in [0.05, 0.1) is 16.2 Å². The van der Waals surface area contributed by atoms with Crippen LogP contribution in [-0.4, -0.2) is 46.5 Å². The monoisotopic (exact) mass is 286 g/mol. The first-order chi connectivity index (χ1) is 9.00. The molecule has 1 saturated heterocycles. The summed E-state index contributed by atoms with van der Waals surface area (Å²) in [7, 11) is 0. The summed E-state index contributed by atoms with van der Waals surface area (Å²) in [5, 5.41) is 22.2. The van der Waals surface area contributed by atoms with Crippen molar-refractivity contribution in [3.63, 3.8) is 0 Å². The van der Waals surface area contributed by atoms with Gasteiger partial charge in [-0.1, -0.05) is 11.6 Å². The summed E-state index contributed by atoms with van der Waals surface area (Å²) in [6.07, 6.45) is 2.36. The van der Waals surface area contributed by atoms with Crippen molar-refractivity contribution >= 4 is 23.4 Å². The van der Waals surface area contributed by atoms with Crippen LogP contribution in [0.25, 0.3) is 0 Å². The molecular weight excluding hydrogens is 272 g/mol. The summed E-state index contributed by atoms with van der Waals surface area (Å²) in [5.41, 5.74) is -0.860. The summed E-state index contributed by atoms with van der Waals surface area (Å²) in [5.74, 6) is -0.734. The molecule has 0 bridgehead atoms. The fraction of sp³-hybridized carbons (Fsp3) is 0.500. The van der Waals surface area contributed by atoms with Crippen molar-refractivity contribution < 1.29 is 19.7 Å². The number of ether oxygens (including phenoxy) is 1. The average Bonchev–Trinajstić information content (AvgIpc) is 2.38. The Hall–Kier alpha value is -1.37. The third-order valence-electron chi connectivity index (χ3n) is 3.11. The predicted molar refractivity (Wildman–Crippen MR) is 69.7 cm³/mol. The van der Waals surface area contributed by atoms with Gasteiger partial charge in [0.2, 0.25) is 0 Å². The lowest BCUT2D eigenvalue weighted by Gasteiger charge is -2.32. The maximum atomic E-state index is 10.9. The highest BCUT2D eigenvalue weighted by Crippen LogP contribution is 2.22. The fourth-order valence-electron chi connectivity index (χ4n) is 1.88. The first-order valence-electron chi connectivity index (χ1n) is 5.93. The number of hydrogen-bond acceptors (Lipinski definition) is 5. The van der Waals surface area contributed by atoms with Gasteiger partial charge >= 0.3 is 5.97 Å². The zero-order valence-electron chi connectivity index (χ0n) is 10.2. The van der Waals surface area contributed by atoms with Crippen LogP contribution in [0.1, 0.15) is 23.2 Å². The normalized spacial score (nSPS) is 18.0. The lowest BCUT2D eigenvalue weighted by Crippen LogP contribution is -2.42. The molecule has 0 unspecified atom stereocenters. The molecule has 104 valence electrons. The minimum absolute atomic E-state index is 0.0156. The second-order valence-electron chi connectivity index (χ2n) is 4.54. The average molecular weight is 287 g/mol. The highest BCUT2D eigenvalue weighted by Gasteiger charge is 2.29. The van der Waals surface area contributed by atoms with Crippen LogP contribution < -0.4 is 5.32 Å². The Morgan fingerprint density at radius 1 is 1.53 bits per heavy atom. The Morgan fingerprint density at radius 2 is 2.21 bits per heavy atom. The molecule has 2 heterocycles. The van der Waals surface area contributed by atoms with Crippen LogP contribution in [0.5, 0.6) is 0 Å². The maximum absolute atomic E-state index is 10.9. The van der Waals surface area contributed by atoms with Crippen molar-refractivity contribution in [2.75, 3.05) is 25.1 Å². The van der Waals surface area contributed by atoms with E-state index in [1.165, 1.54) is 12.3 Å². The number of hydrogen-bond donors (Lipinski definition) is 3. The Labute approximate surface area is 115 Å². The molecule has 0 aromatic carbocycles. The van der Waals surface area contributed by atoms with Gasteiger partial charge in [-0.2, -0.15) is 0 Å². The van der Waals surface area contributed by atoms with Gasteiger partial charge in [-0.25, -0.2) is 9.78 Å². The number of pyridine rings is 1. The van der Waals surface area contributed by atoms with Crippen LogP contribution in [0, 0.1) is 0 Å². The zero-order chi connectivity index (χ0) is 13.9. The lowest BCUT2D eigenvalue weighted by molar-refractivity contribution is -0.0543. The number of anilines is 1. The van der Waals surface area contributed by atoms with E-state index in [1.54, 1.807) is 0 Å². The summed E-state index contributed by atoms with van der Waals surface area (Å²) in [4.78, 5) is 14.9. The Bertz CT molecular complexity index is 475. The quantitative estimate of drug-likeness (QED) is 0.775. The predicted octanol–water partition coefficient (Wildman–Crippen LogP) is 1.39. The molecule has 0 spiro atoms. The molecule has 1 aliphatic rings. The highest BCUT2D eigenvalue weighted by atomic mass is 35.5. The topological polar surface area (TPSA) is 91.7 Å². The molecule has 1 fully saturated rings. The van der Waals surface area contributed by atoms with Crippen molar-refractivity contribution in [3.05, 3.63) is 22.8 Å². The minimum atomic E-state index is -1.11. The van der Waals surface area contributed by atoms with Crippen molar-refractivity contribution in [2.45, 2.75) is 18.4 Å². The summed E-state index contributed by atoms with van der Waals surface area (Å²) in [6, 6.07) is 1.35. The SMILES string of the molecule is O=C(O)c1cc(NCC2(O)CCOCC2)ncc1Cl. The molecule has 6 nitrogen and oxygen atoms in total. The molecule has 3 N–H and O–H groups in total. The lowest BCUT2D eigenvalue weighted by atomic mass is 9.94. The molecule has 0 aliphatic carbocycles. The van der Waals surface area contributed by atoms with Crippen LogP contribution in [-0.2, 0) is 4.74 Å². The number of aromatic carboxylic acids is 1. The summed E-state index contributed by atoms with van der Waals surface area (Å²) in [6.45, 7) is 1.34. The molecule has 2 rings (SSSR count). The van der Waals surface area contributed by atoms with Crippen molar-refractivity contribution in [2.24, 2.45) is 0 Å². The van der Waals surface area contributed by atoms with Gasteiger partial charge in [-0.15, -0.1) is 0 Å². The fourth-order valence-corrected chi connectivity index (χ4v) is 2.07. The van der Waals surface area contributed by atoms with Crippen molar-refractivity contribution in [3.8, 4) is 0 Å². The number of aromatic nitrogens is 1. The number of aliphatic hydroxyl groups is 1. The third-order valence-corrected chi connectivity index (χ3v) is 3.41. The Kier molecular flexibility index (Phi) is 4.24. The molecule has 7 heteroatoms. The smallest absolute Gasteiger partial charge is 0.337 e. The highest BCUT2D eigenvalue weighted by molar-refractivity contribution is 6.33. The molecule has 1 aliphatic heterocycles. The standard InChI is InChI=1S/C12H15ClN2O4/c13-9-6-14-10(5-8(9)11(16)17)15-7-12(18)1-3-19-4-2-12/h5-6,18H,1-4,7H2,(H,14,15)(H,16,17). The number of carboxylic acids is 1. The van der Waals surface area contributed by atoms with E-state index in [0.29, 0.717) is 38.4 Å². The van der Waals surface area contributed by atoms with Crippen LogP contribution in [0.3, 0.4) is 0 Å². The van der Waals surface area contributed by atoms with E-state index >= 15 is 0 Å². The van der Waals surface area contributed by atoms with E-state index in [2.05, 4.69) is 10.3 Å². The largest absolute Gasteiger partial charge is 0.478 e. The first-order valence-corrected chi connectivity index (χ1v) is 6.31. The second kappa shape index (κ2) is 5.73. The van der Waals surface area contributed by atoms with Crippen LogP contribution in [0.4, 0.5) is 5.82 Å². The van der Waals surface area contributed by atoms with Gasteiger partial charge in [0, 0.05) is 38.8 Å². The van der Waals surface area contributed by atoms with Crippen molar-refractivity contribution in [1.29, 1.82) is 0 Å². The second-order valence-corrected chi connectivity index (χ2v) is 4.95. The maximum Gasteiger partial charge on any atom is 0.337 e. The Morgan fingerprint density at radius 3 is 2.84 bits per heavy atom. The molecule has 0 atom stereocenters. The van der Waals surface area contributed by atoms with E-state index < -0.39 is 11.6 Å². The van der Waals surface area contributed by atoms with Crippen LogP contribution >= 0.6 is 11.6 Å². The number of carboxylic acid groups (broad SMARTS) is 1. The summed E-state index contributed by atoms with van der Waals surface area (Å²) < 4.78 is 5.18. The van der Waals surface area contributed by atoms with Crippen LogP contribution in [0.2, 0.25) is 5.02 Å². The van der Waals surface area contributed by atoms with Gasteiger partial charge in [0.15, 0.2) is 0 Å². The molecule has 0 saturated carbocycles. The first kappa shape index (κ1) is 14.0. The van der Waals surface area contributed by atoms with Gasteiger partial charge in [-0.3, -0.25) is 0 Å². The molecule has 0 amide bonds. The molecule has 1 aromatic rings. The molecule has 0 radical (unpaired) electrons. The zero-order valence-corrected chi connectivity index (χ0v) is 11.0. The number of nitrogens with zero attached hydrogens (tertiary/aromatic N) is 1. The van der Waals surface area contributed by atoms with E-state index in [-0.39, 0.29) is 10.6 Å². The van der Waals surface area contributed by atoms with E-state index in [0.717, 1.165) is 0 Å². The van der Waals surface area contributed by atoms with Gasteiger partial charge < -0.3 is 20.3 Å². The van der Waals surface area contributed by atoms with Gasteiger partial charge in [0.1, 0.15) is 5.82 Å². The van der Waals surface area contributed by atoms with Gasteiger partial charge in [-0.05, 0) is 6.07 Å². The third kappa shape index (κ3) is 3.56. The van der Waals surface area contributed by atoms with E-state index in [9.17, 15) is 9.90 Å². The molecular formula is C12H15ClN2O4. The number of nitrogens with one attached hydrogen (secondary N) is 1. The van der Waals surface area contributed by atoms with Gasteiger partial charge in [0.25, 0.3) is 0 Å². The van der Waals surface area contributed by atoms with E-state index in [4.69, 9.17) is 21.4 Å². The summed E-state index contributed by atoms with van der Waals surface area (Å²) >= 11 is 5.73. The number of carbonyl (C=O) groups is 1. The Balaban J connectivity index is 2.03. The minimum Gasteiger partial charge on any atom is -0.478 e. The molecule has 19 heavy (non-hydrogen) atoms. The van der Waals surface area contributed by atoms with Crippen molar-refractivity contribution in [1.82, 2.24) is 4.98 Å². The number of rotatable bonds is 4. The van der Waals surface area contributed by atoms with E-state index in [1.807, 2.05) is 0 Å². The molecule has 1 aromatic heterocycles. The van der Waals surface area contributed by atoms with Crippen LogP contribution in [0.15, 0.2) is 12.3 Å².